The molecule has 0 amide bonds. The summed E-state index contributed by atoms with van der Waals surface area (Å²) in [4.78, 5) is 0. The summed E-state index contributed by atoms with van der Waals surface area (Å²) >= 11 is 0. The third kappa shape index (κ3) is 2.93. The average Bonchev–Trinajstić information content (AvgIpc) is 2.17. The smallest absolute Gasteiger partial charge is 0.0647 e. The monoisotopic (exact) mass is 204 g/mol. The van der Waals surface area contributed by atoms with Crippen molar-refractivity contribution in [1.82, 2.24) is 0 Å². The van der Waals surface area contributed by atoms with E-state index in [1.165, 1.54) is 16.7 Å². The first-order chi connectivity index (χ1) is 7.06. The van der Waals surface area contributed by atoms with Crippen molar-refractivity contribution < 1.29 is 5.11 Å². The normalized spacial score (nSPS) is 12.3. The quantitative estimate of drug-likeness (QED) is 0.800. The predicted octanol–water partition coefficient (Wildman–Crippen LogP) is 3.34. The Morgan fingerprint density at radius 1 is 1.27 bits per heavy atom. The van der Waals surface area contributed by atoms with E-state index < -0.39 is 0 Å². The third-order valence-corrected chi connectivity index (χ3v) is 2.80. The Balaban J connectivity index is 3.16. The fourth-order valence-corrected chi connectivity index (χ4v) is 1.64. The molecule has 0 atom stereocenters. The summed E-state index contributed by atoms with van der Waals surface area (Å²) in [6.07, 6.45) is 2.12. The molecule has 1 aromatic rings. The van der Waals surface area contributed by atoms with E-state index in [0.717, 1.165) is 5.57 Å². The Labute approximate surface area is 92.5 Å². The first-order valence-corrected chi connectivity index (χ1v) is 5.43. The SMILES string of the molecule is Cc1cccc(C)c1/C=C(\CO)C(C)C. The van der Waals surface area contributed by atoms with Gasteiger partial charge in [-0.3, -0.25) is 0 Å². The van der Waals surface area contributed by atoms with Gasteiger partial charge < -0.3 is 5.11 Å². The maximum atomic E-state index is 9.27. The van der Waals surface area contributed by atoms with Crippen molar-refractivity contribution in [2.75, 3.05) is 6.61 Å². The molecule has 0 bridgehead atoms. The van der Waals surface area contributed by atoms with Gasteiger partial charge in [0.15, 0.2) is 0 Å². The maximum Gasteiger partial charge on any atom is 0.0647 e. The highest BCUT2D eigenvalue weighted by atomic mass is 16.3. The second-order valence-electron chi connectivity index (χ2n) is 4.34. The summed E-state index contributed by atoms with van der Waals surface area (Å²) in [5.74, 6) is 0.397. The summed E-state index contributed by atoms with van der Waals surface area (Å²) in [6.45, 7) is 8.57. The molecule has 0 saturated carbocycles. The molecule has 0 aliphatic heterocycles. The highest BCUT2D eigenvalue weighted by molar-refractivity contribution is 5.60. The Morgan fingerprint density at radius 2 is 1.80 bits per heavy atom. The summed E-state index contributed by atoms with van der Waals surface area (Å²) in [7, 11) is 0. The Hall–Kier alpha value is -1.08. The van der Waals surface area contributed by atoms with E-state index >= 15 is 0 Å². The number of hydrogen-bond acceptors (Lipinski definition) is 1. The molecule has 0 aromatic heterocycles. The molecule has 1 nitrogen and oxygen atoms in total. The molecule has 0 aliphatic rings. The van der Waals surface area contributed by atoms with Crippen molar-refractivity contribution in [2.45, 2.75) is 27.7 Å². The van der Waals surface area contributed by atoms with Crippen LogP contribution in [0.25, 0.3) is 6.08 Å². The standard InChI is InChI=1S/C14H20O/c1-10(2)13(9-15)8-14-11(3)6-5-7-12(14)4/h5-8,10,15H,9H2,1-4H3/b13-8+. The molecule has 15 heavy (non-hydrogen) atoms. The average molecular weight is 204 g/mol. The zero-order valence-corrected chi connectivity index (χ0v) is 10.0. The number of aliphatic hydroxyl groups is 1. The second-order valence-corrected chi connectivity index (χ2v) is 4.34. The molecule has 1 aromatic carbocycles. The Kier molecular flexibility index (Phi) is 4.10. The van der Waals surface area contributed by atoms with Gasteiger partial charge in [-0.2, -0.15) is 0 Å². The van der Waals surface area contributed by atoms with Crippen LogP contribution >= 0.6 is 0 Å². The lowest BCUT2D eigenvalue weighted by Gasteiger charge is -2.11. The van der Waals surface area contributed by atoms with E-state index in [1.54, 1.807) is 0 Å². The van der Waals surface area contributed by atoms with Crippen molar-refractivity contribution in [3.8, 4) is 0 Å². The molecule has 1 heteroatoms. The fourth-order valence-electron chi connectivity index (χ4n) is 1.64. The van der Waals surface area contributed by atoms with Crippen LogP contribution in [-0.4, -0.2) is 11.7 Å². The molecule has 0 fully saturated rings. The number of aliphatic hydroxyl groups excluding tert-OH is 1. The molecular weight excluding hydrogens is 184 g/mol. The molecule has 0 spiro atoms. The van der Waals surface area contributed by atoms with Gasteiger partial charge in [0.25, 0.3) is 0 Å². The first-order valence-electron chi connectivity index (χ1n) is 5.43. The zero-order chi connectivity index (χ0) is 11.4. The van der Waals surface area contributed by atoms with E-state index in [-0.39, 0.29) is 6.61 Å². The minimum atomic E-state index is 0.144. The van der Waals surface area contributed by atoms with Crippen LogP contribution in [0.2, 0.25) is 0 Å². The largest absolute Gasteiger partial charge is 0.392 e. The van der Waals surface area contributed by atoms with Crippen LogP contribution in [0.3, 0.4) is 0 Å². The van der Waals surface area contributed by atoms with E-state index in [0.29, 0.717) is 5.92 Å². The van der Waals surface area contributed by atoms with Crippen LogP contribution in [0.15, 0.2) is 23.8 Å². The Morgan fingerprint density at radius 3 is 2.20 bits per heavy atom. The second kappa shape index (κ2) is 5.13. The molecule has 0 unspecified atom stereocenters. The van der Waals surface area contributed by atoms with Gasteiger partial charge in [0, 0.05) is 0 Å². The molecule has 1 rings (SSSR count). The van der Waals surface area contributed by atoms with Crippen molar-refractivity contribution in [3.63, 3.8) is 0 Å². The van der Waals surface area contributed by atoms with Crippen molar-refractivity contribution in [3.05, 3.63) is 40.5 Å². The van der Waals surface area contributed by atoms with Crippen LogP contribution in [0.4, 0.5) is 0 Å². The minimum absolute atomic E-state index is 0.144. The molecular formula is C14H20O. The zero-order valence-electron chi connectivity index (χ0n) is 10.0. The van der Waals surface area contributed by atoms with Crippen LogP contribution in [0.5, 0.6) is 0 Å². The summed E-state index contributed by atoms with van der Waals surface area (Å²) in [5.41, 5.74) is 4.87. The molecule has 82 valence electrons. The lowest BCUT2D eigenvalue weighted by molar-refractivity contribution is 0.320. The highest BCUT2D eigenvalue weighted by Gasteiger charge is 2.04. The number of benzene rings is 1. The molecule has 0 aliphatic carbocycles. The van der Waals surface area contributed by atoms with Gasteiger partial charge in [-0.25, -0.2) is 0 Å². The van der Waals surface area contributed by atoms with Gasteiger partial charge in [-0.05, 0) is 42.0 Å². The van der Waals surface area contributed by atoms with Gasteiger partial charge in [0.1, 0.15) is 0 Å². The molecule has 0 radical (unpaired) electrons. The molecule has 1 N–H and O–H groups in total. The van der Waals surface area contributed by atoms with Gasteiger partial charge in [0.2, 0.25) is 0 Å². The lowest BCUT2D eigenvalue weighted by Crippen LogP contribution is -2.00. The van der Waals surface area contributed by atoms with E-state index in [4.69, 9.17) is 0 Å². The van der Waals surface area contributed by atoms with Gasteiger partial charge in [0.05, 0.1) is 6.61 Å². The fraction of sp³-hybridized carbons (Fsp3) is 0.429. The summed E-state index contributed by atoms with van der Waals surface area (Å²) in [5, 5.41) is 9.27. The van der Waals surface area contributed by atoms with Crippen molar-refractivity contribution >= 4 is 6.08 Å². The van der Waals surface area contributed by atoms with Gasteiger partial charge >= 0.3 is 0 Å². The first kappa shape index (κ1) is 12.0. The number of rotatable bonds is 3. The highest BCUT2D eigenvalue weighted by Crippen LogP contribution is 2.20. The minimum Gasteiger partial charge on any atom is -0.392 e. The third-order valence-electron chi connectivity index (χ3n) is 2.80. The predicted molar refractivity (Wildman–Crippen MR) is 65.8 cm³/mol. The van der Waals surface area contributed by atoms with Crippen molar-refractivity contribution in [1.29, 1.82) is 0 Å². The molecule has 0 saturated heterocycles. The summed E-state index contributed by atoms with van der Waals surface area (Å²) < 4.78 is 0. The van der Waals surface area contributed by atoms with Crippen LogP contribution in [0.1, 0.15) is 30.5 Å². The lowest BCUT2D eigenvalue weighted by atomic mass is 9.96. The topological polar surface area (TPSA) is 20.2 Å². The van der Waals surface area contributed by atoms with Crippen LogP contribution in [0, 0.1) is 19.8 Å². The van der Waals surface area contributed by atoms with E-state index in [9.17, 15) is 5.11 Å². The Bertz CT molecular complexity index is 341. The van der Waals surface area contributed by atoms with Gasteiger partial charge in [-0.1, -0.05) is 38.1 Å². The van der Waals surface area contributed by atoms with Crippen LogP contribution < -0.4 is 0 Å². The number of aryl methyl sites for hydroxylation is 2. The van der Waals surface area contributed by atoms with E-state index in [1.807, 2.05) is 0 Å². The summed E-state index contributed by atoms with van der Waals surface area (Å²) in [6, 6.07) is 6.28. The van der Waals surface area contributed by atoms with E-state index in [2.05, 4.69) is 52.0 Å². The van der Waals surface area contributed by atoms with Gasteiger partial charge in [-0.15, -0.1) is 0 Å². The van der Waals surface area contributed by atoms with Crippen molar-refractivity contribution in [2.24, 2.45) is 5.92 Å². The number of hydrogen-bond donors (Lipinski definition) is 1. The van der Waals surface area contributed by atoms with Crippen LogP contribution in [-0.2, 0) is 0 Å². The molecule has 0 heterocycles. The maximum absolute atomic E-state index is 9.27.